The topological polar surface area (TPSA) is 46.5 Å². The van der Waals surface area contributed by atoms with Crippen LogP contribution in [0.25, 0.3) is 0 Å². The molecule has 0 aliphatic carbocycles. The summed E-state index contributed by atoms with van der Waals surface area (Å²) in [4.78, 5) is 13.2. The fraction of sp³-hybridized carbons (Fsp3) is 0.409. The van der Waals surface area contributed by atoms with Gasteiger partial charge in [0.25, 0.3) is 0 Å². The summed E-state index contributed by atoms with van der Waals surface area (Å²) in [5, 5.41) is 11.5. The third-order valence-electron chi connectivity index (χ3n) is 5.58. The number of hydrogen-bond acceptors (Lipinski definition) is 3. The number of likely N-dealkylation sites (tertiary alicyclic amines) is 1. The van der Waals surface area contributed by atoms with Crippen LogP contribution in [-0.4, -0.2) is 48.3 Å². The second-order valence-corrected chi connectivity index (χ2v) is 7.45. The zero-order valence-corrected chi connectivity index (χ0v) is 17.6. The van der Waals surface area contributed by atoms with Gasteiger partial charge in [-0.25, -0.2) is 4.79 Å². The van der Waals surface area contributed by atoms with Crippen molar-refractivity contribution in [1.29, 1.82) is 0 Å². The second-order valence-electron chi connectivity index (χ2n) is 7.45. The van der Waals surface area contributed by atoms with Crippen LogP contribution in [0.15, 0.2) is 60.7 Å². The Bertz CT molecular complexity index is 698. The predicted molar refractivity (Wildman–Crippen MR) is 101 cm³/mol. The Morgan fingerprint density at radius 2 is 1.63 bits per heavy atom. The van der Waals surface area contributed by atoms with E-state index in [2.05, 4.69) is 14.0 Å². The van der Waals surface area contributed by atoms with Crippen molar-refractivity contribution in [3.05, 3.63) is 71.8 Å². The summed E-state index contributed by atoms with van der Waals surface area (Å²) >= 11 is 0. The second kappa shape index (κ2) is 9.00. The van der Waals surface area contributed by atoms with Gasteiger partial charge in [-0.2, -0.15) is 0 Å². The van der Waals surface area contributed by atoms with Crippen LogP contribution in [-0.2, 0) is 15.1 Å². The highest BCUT2D eigenvalue weighted by Gasteiger charge is 2.44. The van der Waals surface area contributed by atoms with E-state index in [1.165, 1.54) is 0 Å². The van der Waals surface area contributed by atoms with E-state index >= 15 is 0 Å². The molecule has 1 aliphatic rings. The van der Waals surface area contributed by atoms with Crippen molar-refractivity contribution in [3.63, 3.8) is 0 Å². The molecule has 0 saturated carbocycles. The van der Waals surface area contributed by atoms with E-state index in [0.717, 1.165) is 37.0 Å². The van der Waals surface area contributed by atoms with Gasteiger partial charge in [0.15, 0.2) is 6.10 Å². The van der Waals surface area contributed by atoms with Gasteiger partial charge in [0.2, 0.25) is 5.60 Å². The van der Waals surface area contributed by atoms with Crippen molar-refractivity contribution >= 4 is 5.97 Å². The SMILES string of the molecule is CC[N+]1(C)CCCC(OC(=O)C(O)(c2ccccc2)c2ccccc2)C1.[Br-]. The molecule has 0 bridgehead atoms. The third-order valence-corrected chi connectivity index (χ3v) is 5.58. The van der Waals surface area contributed by atoms with E-state index in [9.17, 15) is 9.90 Å². The minimum absolute atomic E-state index is 0. The molecule has 4 nitrogen and oxygen atoms in total. The molecule has 1 fully saturated rings. The summed E-state index contributed by atoms with van der Waals surface area (Å²) in [5.41, 5.74) is -0.741. The van der Waals surface area contributed by atoms with Crippen LogP contribution in [0.4, 0.5) is 0 Å². The number of likely N-dealkylation sites (N-methyl/N-ethyl adjacent to an activating group) is 1. The lowest BCUT2D eigenvalue weighted by Crippen LogP contribution is -3.00. The molecule has 3 rings (SSSR count). The smallest absolute Gasteiger partial charge is 0.348 e. The Labute approximate surface area is 172 Å². The summed E-state index contributed by atoms with van der Waals surface area (Å²) in [6.07, 6.45) is 1.71. The van der Waals surface area contributed by atoms with Crippen LogP contribution in [0.3, 0.4) is 0 Å². The molecule has 1 N–H and O–H groups in total. The normalized spacial score (nSPS) is 22.6. The summed E-state index contributed by atoms with van der Waals surface area (Å²) in [6, 6.07) is 18.1. The van der Waals surface area contributed by atoms with Crippen molar-refractivity contribution in [2.24, 2.45) is 0 Å². The van der Waals surface area contributed by atoms with Gasteiger partial charge in [0, 0.05) is 6.42 Å². The van der Waals surface area contributed by atoms with Gasteiger partial charge in [-0.05, 0) is 24.5 Å². The molecule has 2 aromatic rings. The third kappa shape index (κ3) is 4.60. The molecule has 0 radical (unpaired) electrons. The number of ether oxygens (including phenoxy) is 1. The maximum atomic E-state index is 13.2. The first-order valence-corrected chi connectivity index (χ1v) is 9.36. The lowest BCUT2D eigenvalue weighted by atomic mass is 9.86. The number of halogens is 1. The van der Waals surface area contributed by atoms with Crippen LogP contribution in [0.1, 0.15) is 30.9 Å². The lowest BCUT2D eigenvalue weighted by Gasteiger charge is -2.41. The predicted octanol–water partition coefficient (Wildman–Crippen LogP) is 0.0986. The molecule has 0 amide bonds. The van der Waals surface area contributed by atoms with E-state index in [1.54, 1.807) is 24.3 Å². The maximum absolute atomic E-state index is 13.2. The zero-order chi connectivity index (χ0) is 18.6. The fourth-order valence-corrected chi connectivity index (χ4v) is 3.76. The summed E-state index contributed by atoms with van der Waals surface area (Å²) in [5.74, 6) is -0.593. The molecule has 0 aromatic heterocycles. The van der Waals surface area contributed by atoms with Crippen LogP contribution in [0, 0.1) is 0 Å². The van der Waals surface area contributed by atoms with Gasteiger partial charge in [0.1, 0.15) is 6.54 Å². The number of aliphatic hydroxyl groups is 1. The lowest BCUT2D eigenvalue weighted by molar-refractivity contribution is -0.915. The molecule has 2 aromatic carbocycles. The minimum atomic E-state index is -1.80. The van der Waals surface area contributed by atoms with Gasteiger partial charge >= 0.3 is 5.97 Å². The van der Waals surface area contributed by atoms with Crippen molar-refractivity contribution in [2.45, 2.75) is 31.5 Å². The number of esters is 1. The van der Waals surface area contributed by atoms with E-state index in [-0.39, 0.29) is 23.1 Å². The van der Waals surface area contributed by atoms with Crippen LogP contribution < -0.4 is 17.0 Å². The largest absolute Gasteiger partial charge is 1.00 e. The molecular weight excluding hydrogens is 406 g/mol. The van der Waals surface area contributed by atoms with Crippen molar-refractivity contribution in [2.75, 3.05) is 26.7 Å². The molecule has 1 saturated heterocycles. The van der Waals surface area contributed by atoms with Crippen molar-refractivity contribution in [1.82, 2.24) is 0 Å². The van der Waals surface area contributed by atoms with Gasteiger partial charge in [0.05, 0.1) is 20.1 Å². The Hall–Kier alpha value is -1.69. The minimum Gasteiger partial charge on any atom is -1.00 e. The molecule has 27 heavy (non-hydrogen) atoms. The highest BCUT2D eigenvalue weighted by Crippen LogP contribution is 2.32. The van der Waals surface area contributed by atoms with Gasteiger partial charge < -0.3 is 31.3 Å². The summed E-state index contributed by atoms with van der Waals surface area (Å²) < 4.78 is 6.75. The average Bonchev–Trinajstić information content (AvgIpc) is 2.68. The first-order valence-electron chi connectivity index (χ1n) is 9.36. The molecule has 0 spiro atoms. The first kappa shape index (κ1) is 21.6. The highest BCUT2D eigenvalue weighted by atomic mass is 79.9. The Balaban J connectivity index is 0.00000261. The number of rotatable bonds is 5. The van der Waals surface area contributed by atoms with Crippen LogP contribution in [0.5, 0.6) is 0 Å². The number of nitrogens with zero attached hydrogens (tertiary/aromatic N) is 1. The quantitative estimate of drug-likeness (QED) is 0.537. The monoisotopic (exact) mass is 433 g/mol. The molecule has 2 atom stereocenters. The number of carbonyl (C=O) groups is 1. The van der Waals surface area contributed by atoms with E-state index in [0.29, 0.717) is 11.1 Å². The number of hydrogen-bond donors (Lipinski definition) is 1. The van der Waals surface area contributed by atoms with Gasteiger partial charge in [-0.3, -0.25) is 0 Å². The summed E-state index contributed by atoms with van der Waals surface area (Å²) in [6.45, 7) is 5.07. The number of benzene rings is 2. The van der Waals surface area contributed by atoms with Gasteiger partial charge in [-0.1, -0.05) is 60.7 Å². The van der Waals surface area contributed by atoms with Crippen molar-refractivity contribution < 1.29 is 36.1 Å². The molecule has 5 heteroatoms. The van der Waals surface area contributed by atoms with E-state index < -0.39 is 11.6 Å². The highest BCUT2D eigenvalue weighted by molar-refractivity contribution is 5.85. The molecule has 2 unspecified atom stereocenters. The van der Waals surface area contributed by atoms with Crippen LogP contribution in [0.2, 0.25) is 0 Å². The maximum Gasteiger partial charge on any atom is 0.348 e. The Kier molecular flexibility index (Phi) is 7.20. The molecule has 1 aliphatic heterocycles. The summed E-state index contributed by atoms with van der Waals surface area (Å²) in [7, 11) is 2.20. The first-order chi connectivity index (χ1) is 12.5. The number of piperidine rings is 1. The van der Waals surface area contributed by atoms with Crippen LogP contribution >= 0.6 is 0 Å². The number of carbonyl (C=O) groups excluding carboxylic acids is 1. The van der Waals surface area contributed by atoms with Crippen molar-refractivity contribution in [3.8, 4) is 0 Å². The average molecular weight is 434 g/mol. The standard InChI is InChI=1S/C22H28NO3.BrH/c1-3-23(2)16-10-15-20(17-23)26-21(24)22(25,18-11-6-4-7-12-18)19-13-8-5-9-14-19;/h4-9,11-14,20,25H,3,10,15-17H2,1-2H3;1H/q+1;/p-1. The Morgan fingerprint density at radius 1 is 1.11 bits per heavy atom. The van der Waals surface area contributed by atoms with E-state index in [4.69, 9.17) is 4.74 Å². The number of quaternary nitrogens is 1. The molecule has 146 valence electrons. The Morgan fingerprint density at radius 3 is 2.11 bits per heavy atom. The molecule has 1 heterocycles. The molecular formula is C22H28BrNO3. The zero-order valence-electron chi connectivity index (χ0n) is 16.0. The fourth-order valence-electron chi connectivity index (χ4n) is 3.76. The van der Waals surface area contributed by atoms with E-state index in [1.807, 2.05) is 36.4 Å². The van der Waals surface area contributed by atoms with Gasteiger partial charge in [-0.15, -0.1) is 0 Å².